The Morgan fingerprint density at radius 1 is 1.39 bits per heavy atom. The van der Waals surface area contributed by atoms with Crippen molar-refractivity contribution in [2.45, 2.75) is 17.3 Å². The quantitative estimate of drug-likeness (QED) is 0.367. The minimum absolute atomic E-state index is 0.0444. The molecular weight excluding hydrogens is 418 g/mol. The largest absolute Gasteiger partial charge is 0.384 e. The maximum Gasteiger partial charge on any atom is 0.191 e. The Morgan fingerprint density at radius 2 is 2.17 bits per heavy atom. The topological polar surface area (TPSA) is 88.5 Å². The zero-order chi connectivity index (χ0) is 16.6. The van der Waals surface area contributed by atoms with Gasteiger partial charge in [0.05, 0.1) is 15.6 Å². The Kier molecular flexibility index (Phi) is 4.73. The Labute approximate surface area is 154 Å². The van der Waals surface area contributed by atoms with E-state index >= 15 is 0 Å². The molecule has 1 atom stereocenters. The van der Waals surface area contributed by atoms with Crippen LogP contribution in [-0.4, -0.2) is 15.0 Å². The van der Waals surface area contributed by atoms with Gasteiger partial charge in [-0.2, -0.15) is 5.26 Å². The molecule has 0 amide bonds. The van der Waals surface area contributed by atoms with E-state index < -0.39 is 0 Å². The predicted octanol–water partition coefficient (Wildman–Crippen LogP) is 4.81. The lowest BCUT2D eigenvalue weighted by Gasteiger charge is -2.11. The van der Waals surface area contributed by atoms with E-state index in [9.17, 15) is 0 Å². The van der Waals surface area contributed by atoms with Gasteiger partial charge in [0.1, 0.15) is 22.7 Å². The van der Waals surface area contributed by atoms with Gasteiger partial charge in [-0.15, -0.1) is 11.3 Å². The molecule has 0 aliphatic rings. The van der Waals surface area contributed by atoms with Gasteiger partial charge in [0.15, 0.2) is 5.16 Å². The number of nitrogens with two attached hydrogens (primary N) is 1. The molecule has 0 spiro atoms. The van der Waals surface area contributed by atoms with Gasteiger partial charge < -0.3 is 5.73 Å². The molecule has 0 saturated carbocycles. The number of thiophene rings is 1. The highest BCUT2D eigenvalue weighted by Crippen LogP contribution is 2.39. The first-order valence-electron chi connectivity index (χ1n) is 6.42. The molecule has 0 radical (unpaired) electrons. The molecule has 3 rings (SSSR count). The van der Waals surface area contributed by atoms with Crippen LogP contribution >= 0.6 is 50.6 Å². The number of rotatable bonds is 3. The molecule has 3 aromatic heterocycles. The van der Waals surface area contributed by atoms with E-state index in [0.717, 1.165) is 20.3 Å². The molecule has 3 heterocycles. The van der Waals surface area contributed by atoms with Crippen molar-refractivity contribution in [2.24, 2.45) is 0 Å². The number of nitrogen functional groups attached to an aromatic ring is 1. The summed E-state index contributed by atoms with van der Waals surface area (Å²) in [7, 11) is 0. The zero-order valence-corrected chi connectivity index (χ0v) is 15.7. The average molecular weight is 427 g/mol. The van der Waals surface area contributed by atoms with E-state index in [1.165, 1.54) is 17.8 Å². The Hall–Kier alpha value is -1.40. The highest BCUT2D eigenvalue weighted by molar-refractivity contribution is 9.10. The molecule has 23 heavy (non-hydrogen) atoms. The monoisotopic (exact) mass is 425 g/mol. The predicted molar refractivity (Wildman–Crippen MR) is 97.8 cm³/mol. The van der Waals surface area contributed by atoms with Crippen molar-refractivity contribution in [1.82, 2.24) is 15.0 Å². The normalized spacial score (nSPS) is 12.3. The molecule has 116 valence electrons. The SMILES string of the molecule is CC(Sc1nc(N)cc(C#N)n1)c1cc2c(Br)csc2c(Cl)n1. The fraction of sp³-hybridized carbons (Fsp3) is 0.143. The summed E-state index contributed by atoms with van der Waals surface area (Å²) in [5, 5.41) is 12.9. The van der Waals surface area contributed by atoms with E-state index in [1.54, 1.807) is 11.3 Å². The van der Waals surface area contributed by atoms with Crippen LogP contribution in [0.1, 0.15) is 23.6 Å². The fourth-order valence-electron chi connectivity index (χ4n) is 1.96. The summed E-state index contributed by atoms with van der Waals surface area (Å²) in [5.41, 5.74) is 6.76. The average Bonchev–Trinajstić information content (AvgIpc) is 2.88. The van der Waals surface area contributed by atoms with Gasteiger partial charge in [-0.05, 0) is 28.9 Å². The second kappa shape index (κ2) is 6.61. The van der Waals surface area contributed by atoms with Crippen LogP contribution in [0, 0.1) is 11.3 Å². The van der Waals surface area contributed by atoms with Crippen LogP contribution in [-0.2, 0) is 0 Å². The number of nitrogens with zero attached hydrogens (tertiary/aromatic N) is 4. The molecule has 1 unspecified atom stereocenters. The summed E-state index contributed by atoms with van der Waals surface area (Å²) in [4.78, 5) is 12.8. The number of halogens is 2. The van der Waals surface area contributed by atoms with E-state index in [1.807, 2.05) is 24.4 Å². The first-order valence-corrected chi connectivity index (χ1v) is 9.35. The number of aromatic nitrogens is 3. The summed E-state index contributed by atoms with van der Waals surface area (Å²) >= 11 is 12.7. The Bertz CT molecular complexity index is 937. The van der Waals surface area contributed by atoms with Crippen LogP contribution in [0.25, 0.3) is 10.1 Å². The third kappa shape index (κ3) is 3.43. The first-order chi connectivity index (χ1) is 11.0. The van der Waals surface area contributed by atoms with Crippen molar-refractivity contribution in [3.05, 3.63) is 38.5 Å². The van der Waals surface area contributed by atoms with Crippen molar-refractivity contribution >= 4 is 66.5 Å². The van der Waals surface area contributed by atoms with Gasteiger partial charge in [0, 0.05) is 21.3 Å². The van der Waals surface area contributed by atoms with E-state index in [-0.39, 0.29) is 16.8 Å². The van der Waals surface area contributed by atoms with Gasteiger partial charge in [-0.25, -0.2) is 15.0 Å². The molecule has 0 aliphatic heterocycles. The second-order valence-electron chi connectivity index (χ2n) is 4.63. The van der Waals surface area contributed by atoms with E-state index in [4.69, 9.17) is 22.6 Å². The molecule has 0 bridgehead atoms. The maximum atomic E-state index is 8.96. The lowest BCUT2D eigenvalue weighted by Crippen LogP contribution is -2.00. The molecule has 5 nitrogen and oxygen atoms in total. The van der Waals surface area contributed by atoms with Crippen LogP contribution in [0.2, 0.25) is 5.15 Å². The van der Waals surface area contributed by atoms with Gasteiger partial charge in [-0.3, -0.25) is 0 Å². The van der Waals surface area contributed by atoms with Crippen molar-refractivity contribution in [2.75, 3.05) is 5.73 Å². The molecule has 2 N–H and O–H groups in total. The van der Waals surface area contributed by atoms with Gasteiger partial charge >= 0.3 is 0 Å². The fourth-order valence-corrected chi connectivity index (χ4v) is 4.68. The third-order valence-electron chi connectivity index (χ3n) is 3.03. The number of nitriles is 1. The number of anilines is 1. The number of pyridine rings is 1. The smallest absolute Gasteiger partial charge is 0.191 e. The Balaban J connectivity index is 1.94. The summed E-state index contributed by atoms with van der Waals surface area (Å²) in [6.45, 7) is 1.98. The first kappa shape index (κ1) is 16.5. The summed E-state index contributed by atoms with van der Waals surface area (Å²) < 4.78 is 1.94. The number of fused-ring (bicyclic) bond motifs is 1. The summed E-state index contributed by atoms with van der Waals surface area (Å²) in [6.07, 6.45) is 0. The zero-order valence-electron chi connectivity index (χ0n) is 11.7. The molecule has 0 fully saturated rings. The van der Waals surface area contributed by atoms with Crippen LogP contribution in [0.5, 0.6) is 0 Å². The lowest BCUT2D eigenvalue weighted by atomic mass is 10.2. The van der Waals surface area contributed by atoms with Crippen LogP contribution in [0.3, 0.4) is 0 Å². The number of thioether (sulfide) groups is 1. The van der Waals surface area contributed by atoms with E-state index in [2.05, 4.69) is 30.9 Å². The van der Waals surface area contributed by atoms with Crippen molar-refractivity contribution in [3.8, 4) is 6.07 Å². The summed E-state index contributed by atoms with van der Waals surface area (Å²) in [6, 6.07) is 5.41. The standard InChI is InChI=1S/C14H9BrClN5S2/c1-6(23-14-19-7(4-17)2-11(18)21-14)10-3-8-9(15)5-22-12(8)13(16)20-10/h2-3,5-6H,1H3,(H2,18,19,21). The molecule has 0 saturated heterocycles. The minimum Gasteiger partial charge on any atom is -0.384 e. The second-order valence-corrected chi connectivity index (χ2v) is 8.03. The minimum atomic E-state index is -0.0444. The van der Waals surface area contributed by atoms with Crippen molar-refractivity contribution < 1.29 is 0 Å². The van der Waals surface area contributed by atoms with Gasteiger partial charge in [-0.1, -0.05) is 23.4 Å². The van der Waals surface area contributed by atoms with Gasteiger partial charge in [0.25, 0.3) is 0 Å². The maximum absolute atomic E-state index is 8.96. The number of hydrogen-bond donors (Lipinski definition) is 1. The van der Waals surface area contributed by atoms with Crippen LogP contribution in [0.15, 0.2) is 27.1 Å². The lowest BCUT2D eigenvalue weighted by molar-refractivity contribution is 0.937. The highest BCUT2D eigenvalue weighted by atomic mass is 79.9. The Morgan fingerprint density at radius 3 is 2.91 bits per heavy atom. The molecule has 9 heteroatoms. The van der Waals surface area contributed by atoms with Crippen molar-refractivity contribution in [3.63, 3.8) is 0 Å². The van der Waals surface area contributed by atoms with Gasteiger partial charge in [0.2, 0.25) is 0 Å². The summed E-state index contributed by atoms with van der Waals surface area (Å²) in [5.74, 6) is 0.272. The third-order valence-corrected chi connectivity index (χ3v) is 6.36. The molecule has 3 aromatic rings. The molecule has 0 aromatic carbocycles. The molecule has 0 aliphatic carbocycles. The van der Waals surface area contributed by atoms with Crippen LogP contribution in [0.4, 0.5) is 5.82 Å². The highest BCUT2D eigenvalue weighted by Gasteiger charge is 2.16. The molecular formula is C14H9BrClN5S2. The van der Waals surface area contributed by atoms with Crippen molar-refractivity contribution in [1.29, 1.82) is 5.26 Å². The van der Waals surface area contributed by atoms with E-state index in [0.29, 0.717) is 10.3 Å². The van der Waals surface area contributed by atoms with Crippen LogP contribution < -0.4 is 5.73 Å². The number of hydrogen-bond acceptors (Lipinski definition) is 7.